The molecule has 0 aliphatic rings. The van der Waals surface area contributed by atoms with Crippen molar-refractivity contribution in [1.29, 1.82) is 0 Å². The second kappa shape index (κ2) is 11.0. The van der Waals surface area contributed by atoms with Crippen LogP contribution in [-0.4, -0.2) is 18.4 Å². The summed E-state index contributed by atoms with van der Waals surface area (Å²) in [6.07, 6.45) is 0.137. The van der Waals surface area contributed by atoms with Crippen molar-refractivity contribution in [3.63, 3.8) is 0 Å². The van der Waals surface area contributed by atoms with Gasteiger partial charge in [0.15, 0.2) is 0 Å². The third-order valence-electron chi connectivity index (χ3n) is 4.98. The number of hydrogen-bond donors (Lipinski definition) is 2. The van der Waals surface area contributed by atoms with Crippen LogP contribution in [0.4, 0.5) is 0 Å². The van der Waals surface area contributed by atoms with Gasteiger partial charge in [0.25, 0.3) is 5.91 Å². The molecule has 2 atom stereocenters. The van der Waals surface area contributed by atoms with Crippen molar-refractivity contribution in [3.8, 4) is 5.75 Å². The van der Waals surface area contributed by atoms with Crippen LogP contribution >= 0.6 is 0 Å². The van der Waals surface area contributed by atoms with Crippen LogP contribution in [0.1, 0.15) is 53.8 Å². The first-order valence-corrected chi connectivity index (χ1v) is 10.5. The molecule has 0 aliphatic carbocycles. The van der Waals surface area contributed by atoms with Crippen LogP contribution in [0.3, 0.4) is 0 Å². The van der Waals surface area contributed by atoms with Gasteiger partial charge in [-0.1, -0.05) is 60.7 Å². The lowest BCUT2D eigenvalue weighted by atomic mass is 10.0. The summed E-state index contributed by atoms with van der Waals surface area (Å²) in [5.41, 5.74) is 2.40. The highest BCUT2D eigenvalue weighted by Gasteiger charge is 2.20. The number of hydrogen-bond acceptors (Lipinski definition) is 3. The summed E-state index contributed by atoms with van der Waals surface area (Å²) in [6, 6.07) is 25.6. The smallest absolute Gasteiger partial charge is 0.251 e. The van der Waals surface area contributed by atoms with Crippen molar-refractivity contribution >= 4 is 11.8 Å². The molecule has 0 heterocycles. The Bertz CT molecular complexity index is 990. The molecule has 0 saturated heterocycles. The molecular formula is C26H28N2O3. The number of benzene rings is 3. The fraction of sp³-hybridized carbons (Fsp3) is 0.231. The Morgan fingerprint density at radius 1 is 0.839 bits per heavy atom. The fourth-order valence-corrected chi connectivity index (χ4v) is 3.38. The van der Waals surface area contributed by atoms with E-state index in [1.54, 1.807) is 12.1 Å². The van der Waals surface area contributed by atoms with Crippen LogP contribution in [0.5, 0.6) is 5.75 Å². The molecule has 3 aromatic carbocycles. The topological polar surface area (TPSA) is 67.4 Å². The Kier molecular flexibility index (Phi) is 7.82. The van der Waals surface area contributed by atoms with E-state index in [9.17, 15) is 9.59 Å². The number of carbonyl (C=O) groups is 2. The van der Waals surface area contributed by atoms with E-state index in [1.807, 2.05) is 86.6 Å². The molecule has 5 heteroatoms. The van der Waals surface area contributed by atoms with Crippen LogP contribution in [0.15, 0.2) is 84.9 Å². The molecule has 3 aromatic rings. The van der Waals surface area contributed by atoms with E-state index in [2.05, 4.69) is 10.6 Å². The van der Waals surface area contributed by atoms with Gasteiger partial charge in [-0.25, -0.2) is 0 Å². The van der Waals surface area contributed by atoms with Gasteiger partial charge in [-0.15, -0.1) is 0 Å². The minimum Gasteiger partial charge on any atom is -0.494 e. The average Bonchev–Trinajstić information content (AvgIpc) is 2.80. The van der Waals surface area contributed by atoms with Crippen molar-refractivity contribution in [2.45, 2.75) is 32.4 Å². The van der Waals surface area contributed by atoms with Crippen molar-refractivity contribution in [1.82, 2.24) is 10.6 Å². The highest BCUT2D eigenvalue weighted by molar-refractivity contribution is 5.94. The van der Waals surface area contributed by atoms with Gasteiger partial charge >= 0.3 is 0 Å². The van der Waals surface area contributed by atoms with Crippen LogP contribution in [-0.2, 0) is 4.79 Å². The van der Waals surface area contributed by atoms with E-state index in [0.717, 1.165) is 16.9 Å². The third kappa shape index (κ3) is 6.44. The van der Waals surface area contributed by atoms with E-state index >= 15 is 0 Å². The van der Waals surface area contributed by atoms with Gasteiger partial charge in [0.05, 0.1) is 25.1 Å². The van der Waals surface area contributed by atoms with Crippen molar-refractivity contribution < 1.29 is 14.3 Å². The molecule has 2 unspecified atom stereocenters. The minimum absolute atomic E-state index is 0.137. The quantitative estimate of drug-likeness (QED) is 0.525. The zero-order valence-electron chi connectivity index (χ0n) is 17.9. The molecule has 0 aliphatic heterocycles. The summed E-state index contributed by atoms with van der Waals surface area (Å²) in [5.74, 6) is 0.426. The normalized spacial score (nSPS) is 12.5. The predicted octanol–water partition coefficient (Wildman–Crippen LogP) is 4.82. The van der Waals surface area contributed by atoms with Gasteiger partial charge < -0.3 is 15.4 Å². The molecule has 0 spiro atoms. The monoisotopic (exact) mass is 416 g/mol. The zero-order valence-corrected chi connectivity index (χ0v) is 17.9. The highest BCUT2D eigenvalue weighted by atomic mass is 16.5. The summed E-state index contributed by atoms with van der Waals surface area (Å²) in [6.45, 7) is 4.46. The first-order valence-electron chi connectivity index (χ1n) is 10.5. The van der Waals surface area contributed by atoms with E-state index in [1.165, 1.54) is 0 Å². The van der Waals surface area contributed by atoms with E-state index in [0.29, 0.717) is 12.2 Å². The Labute approximate surface area is 183 Å². The Morgan fingerprint density at radius 3 is 2.16 bits per heavy atom. The van der Waals surface area contributed by atoms with Gasteiger partial charge in [-0.05, 0) is 49.2 Å². The van der Waals surface area contributed by atoms with Gasteiger partial charge in [-0.3, -0.25) is 9.59 Å². The third-order valence-corrected chi connectivity index (χ3v) is 4.98. The average molecular weight is 417 g/mol. The predicted molar refractivity (Wildman–Crippen MR) is 122 cm³/mol. The summed E-state index contributed by atoms with van der Waals surface area (Å²) in [4.78, 5) is 25.5. The Balaban J connectivity index is 1.69. The summed E-state index contributed by atoms with van der Waals surface area (Å²) in [5, 5.41) is 6.03. The van der Waals surface area contributed by atoms with Gasteiger partial charge in [0.1, 0.15) is 5.75 Å². The van der Waals surface area contributed by atoms with Gasteiger partial charge in [0.2, 0.25) is 5.91 Å². The molecule has 5 nitrogen and oxygen atoms in total. The minimum atomic E-state index is -0.434. The molecule has 31 heavy (non-hydrogen) atoms. The zero-order chi connectivity index (χ0) is 22.1. The van der Waals surface area contributed by atoms with Crippen molar-refractivity contribution in [3.05, 3.63) is 102 Å². The standard InChI is InChI=1S/C26H28N2O3/c1-3-31-23-16-10-15-22(17-23)19(2)27-25(29)18-24(20-11-6-4-7-12-20)28-26(30)21-13-8-5-9-14-21/h4-17,19,24H,3,18H2,1-2H3,(H,27,29)(H,28,30). The largest absolute Gasteiger partial charge is 0.494 e. The van der Waals surface area contributed by atoms with Crippen LogP contribution in [0, 0.1) is 0 Å². The van der Waals surface area contributed by atoms with E-state index in [4.69, 9.17) is 4.74 Å². The maximum absolute atomic E-state index is 12.8. The summed E-state index contributed by atoms with van der Waals surface area (Å²) in [7, 11) is 0. The van der Waals surface area contributed by atoms with Crippen LogP contribution in [0.25, 0.3) is 0 Å². The Morgan fingerprint density at radius 2 is 1.48 bits per heavy atom. The number of carbonyl (C=O) groups excluding carboxylic acids is 2. The first kappa shape index (κ1) is 22.1. The highest BCUT2D eigenvalue weighted by Crippen LogP contribution is 2.21. The van der Waals surface area contributed by atoms with Crippen LogP contribution < -0.4 is 15.4 Å². The Hall–Kier alpha value is -3.60. The number of amides is 2. The van der Waals surface area contributed by atoms with Crippen molar-refractivity contribution in [2.75, 3.05) is 6.61 Å². The van der Waals surface area contributed by atoms with Crippen molar-refractivity contribution in [2.24, 2.45) is 0 Å². The summed E-state index contributed by atoms with van der Waals surface area (Å²) >= 11 is 0. The number of ether oxygens (including phenoxy) is 1. The SMILES string of the molecule is CCOc1cccc(C(C)NC(=O)CC(NC(=O)c2ccccc2)c2ccccc2)c1. The van der Waals surface area contributed by atoms with Gasteiger partial charge in [-0.2, -0.15) is 0 Å². The molecule has 0 bridgehead atoms. The van der Waals surface area contributed by atoms with E-state index < -0.39 is 6.04 Å². The molecule has 2 N–H and O–H groups in total. The maximum Gasteiger partial charge on any atom is 0.251 e. The first-order chi connectivity index (χ1) is 15.1. The molecular weight excluding hydrogens is 388 g/mol. The molecule has 2 amide bonds. The maximum atomic E-state index is 12.8. The fourth-order valence-electron chi connectivity index (χ4n) is 3.38. The lowest BCUT2D eigenvalue weighted by molar-refractivity contribution is -0.122. The van der Waals surface area contributed by atoms with E-state index in [-0.39, 0.29) is 24.3 Å². The molecule has 0 radical (unpaired) electrons. The second-order valence-corrected chi connectivity index (χ2v) is 7.30. The lowest BCUT2D eigenvalue weighted by Crippen LogP contribution is -2.34. The lowest BCUT2D eigenvalue weighted by Gasteiger charge is -2.21. The molecule has 3 rings (SSSR count). The number of rotatable bonds is 9. The van der Waals surface area contributed by atoms with Gasteiger partial charge in [0, 0.05) is 5.56 Å². The molecule has 0 aromatic heterocycles. The molecule has 0 saturated carbocycles. The summed E-state index contributed by atoms with van der Waals surface area (Å²) < 4.78 is 5.55. The molecule has 160 valence electrons. The number of nitrogens with one attached hydrogen (secondary N) is 2. The second-order valence-electron chi connectivity index (χ2n) is 7.30. The molecule has 0 fully saturated rings. The van der Waals surface area contributed by atoms with Crippen LogP contribution in [0.2, 0.25) is 0 Å².